The van der Waals surface area contributed by atoms with Crippen LogP contribution in [0.4, 0.5) is 0 Å². The van der Waals surface area contributed by atoms with E-state index in [4.69, 9.17) is 4.74 Å². The Balaban J connectivity index is 2.39. The van der Waals surface area contributed by atoms with E-state index >= 15 is 0 Å². The molecule has 0 aliphatic heterocycles. The summed E-state index contributed by atoms with van der Waals surface area (Å²) in [7, 11) is 0. The average Bonchev–Trinajstić information content (AvgIpc) is 2.48. The Bertz CT molecular complexity index is 650. The van der Waals surface area contributed by atoms with Gasteiger partial charge in [0.15, 0.2) is 6.04 Å². The second kappa shape index (κ2) is 6.14. The van der Waals surface area contributed by atoms with Gasteiger partial charge in [0, 0.05) is 11.6 Å². The quantitative estimate of drug-likeness (QED) is 0.799. The van der Waals surface area contributed by atoms with Crippen LogP contribution >= 0.6 is 0 Å². The average molecular weight is 272 g/mol. The van der Waals surface area contributed by atoms with Crippen LogP contribution in [-0.2, 0) is 9.53 Å². The highest BCUT2D eigenvalue weighted by Crippen LogP contribution is 2.15. The molecule has 0 unspecified atom stereocenters. The molecule has 1 heterocycles. The fraction of sp³-hybridized carbons (Fsp3) is 0.267. The second-order valence-electron chi connectivity index (χ2n) is 4.30. The number of aromatic nitrogens is 2. The number of esters is 1. The minimum absolute atomic E-state index is 0.274. The fourth-order valence-corrected chi connectivity index (χ4v) is 1.83. The normalized spacial score (nSPS) is 11.9. The van der Waals surface area contributed by atoms with Gasteiger partial charge in [0.05, 0.1) is 12.3 Å². The van der Waals surface area contributed by atoms with Crippen molar-refractivity contribution >= 4 is 5.97 Å². The van der Waals surface area contributed by atoms with Gasteiger partial charge >= 0.3 is 5.97 Å². The second-order valence-corrected chi connectivity index (χ2v) is 4.30. The van der Waals surface area contributed by atoms with Gasteiger partial charge in [-0.15, -0.1) is 0 Å². The van der Waals surface area contributed by atoms with E-state index in [1.165, 1.54) is 6.07 Å². The van der Waals surface area contributed by atoms with Crippen LogP contribution in [0.15, 0.2) is 47.3 Å². The first kappa shape index (κ1) is 14.0. The minimum atomic E-state index is -0.744. The lowest BCUT2D eigenvalue weighted by atomic mass is 10.1. The van der Waals surface area contributed by atoms with Crippen LogP contribution in [0.1, 0.15) is 19.9 Å². The Hall–Kier alpha value is -2.43. The summed E-state index contributed by atoms with van der Waals surface area (Å²) in [5.74, 6) is -0.465. The van der Waals surface area contributed by atoms with Crippen molar-refractivity contribution in [3.8, 4) is 11.3 Å². The molecular formula is C15H16N2O3. The Labute approximate surface area is 116 Å². The van der Waals surface area contributed by atoms with Crippen molar-refractivity contribution in [1.82, 2.24) is 9.78 Å². The Morgan fingerprint density at radius 3 is 2.60 bits per heavy atom. The molecule has 0 N–H and O–H groups in total. The molecule has 20 heavy (non-hydrogen) atoms. The molecule has 2 rings (SSSR count). The van der Waals surface area contributed by atoms with Crippen LogP contribution in [0.25, 0.3) is 11.3 Å². The topological polar surface area (TPSA) is 61.2 Å². The van der Waals surface area contributed by atoms with E-state index in [1.807, 2.05) is 30.3 Å². The number of carbonyl (C=O) groups is 1. The van der Waals surface area contributed by atoms with E-state index in [9.17, 15) is 9.59 Å². The number of hydrogen-bond acceptors (Lipinski definition) is 4. The number of hydrogen-bond donors (Lipinski definition) is 0. The lowest BCUT2D eigenvalue weighted by molar-refractivity contribution is -0.147. The van der Waals surface area contributed by atoms with Gasteiger partial charge in [-0.1, -0.05) is 30.3 Å². The van der Waals surface area contributed by atoms with Gasteiger partial charge in [-0.25, -0.2) is 9.48 Å². The molecule has 5 heteroatoms. The summed E-state index contributed by atoms with van der Waals surface area (Å²) in [4.78, 5) is 23.6. The minimum Gasteiger partial charge on any atom is -0.464 e. The van der Waals surface area contributed by atoms with Crippen molar-refractivity contribution in [1.29, 1.82) is 0 Å². The highest BCUT2D eigenvalue weighted by atomic mass is 16.5. The maximum Gasteiger partial charge on any atom is 0.330 e. The Morgan fingerprint density at radius 2 is 1.95 bits per heavy atom. The molecular weight excluding hydrogens is 256 g/mol. The molecule has 0 saturated heterocycles. The summed E-state index contributed by atoms with van der Waals surface area (Å²) < 4.78 is 6.07. The van der Waals surface area contributed by atoms with Gasteiger partial charge in [0.1, 0.15) is 0 Å². The molecule has 1 aromatic heterocycles. The van der Waals surface area contributed by atoms with Crippen LogP contribution in [0.2, 0.25) is 0 Å². The van der Waals surface area contributed by atoms with E-state index in [1.54, 1.807) is 19.9 Å². The molecule has 0 spiro atoms. The molecule has 0 fully saturated rings. The van der Waals surface area contributed by atoms with Gasteiger partial charge < -0.3 is 4.74 Å². The highest BCUT2D eigenvalue weighted by molar-refractivity contribution is 5.73. The van der Waals surface area contributed by atoms with E-state index in [0.717, 1.165) is 10.2 Å². The van der Waals surface area contributed by atoms with E-state index in [0.29, 0.717) is 5.69 Å². The van der Waals surface area contributed by atoms with Crippen molar-refractivity contribution < 1.29 is 9.53 Å². The van der Waals surface area contributed by atoms with Gasteiger partial charge in [0.2, 0.25) is 0 Å². The van der Waals surface area contributed by atoms with Crippen LogP contribution in [0.5, 0.6) is 0 Å². The van der Waals surface area contributed by atoms with Crippen molar-refractivity contribution in [3.05, 3.63) is 52.8 Å². The van der Waals surface area contributed by atoms with Crippen LogP contribution < -0.4 is 5.56 Å². The molecule has 5 nitrogen and oxygen atoms in total. The van der Waals surface area contributed by atoms with Crippen molar-refractivity contribution in [2.75, 3.05) is 6.61 Å². The first-order valence-electron chi connectivity index (χ1n) is 6.45. The van der Waals surface area contributed by atoms with Crippen LogP contribution in [-0.4, -0.2) is 22.4 Å². The third kappa shape index (κ3) is 2.93. The maximum atomic E-state index is 11.8. The molecule has 0 aliphatic rings. The summed E-state index contributed by atoms with van der Waals surface area (Å²) in [5.41, 5.74) is 1.20. The first-order valence-corrected chi connectivity index (χ1v) is 6.45. The van der Waals surface area contributed by atoms with E-state index in [-0.39, 0.29) is 12.2 Å². The predicted molar refractivity (Wildman–Crippen MR) is 75.3 cm³/mol. The first-order chi connectivity index (χ1) is 9.63. The molecule has 1 atom stereocenters. The third-order valence-corrected chi connectivity index (χ3v) is 2.89. The summed E-state index contributed by atoms with van der Waals surface area (Å²) in [6.07, 6.45) is 0. The number of carbonyl (C=O) groups excluding carboxylic acids is 1. The van der Waals surface area contributed by atoms with Gasteiger partial charge in [-0.3, -0.25) is 4.79 Å². The predicted octanol–water partition coefficient (Wildman–Crippen LogP) is 2.03. The molecule has 0 aliphatic carbocycles. The summed E-state index contributed by atoms with van der Waals surface area (Å²) >= 11 is 0. The monoisotopic (exact) mass is 272 g/mol. The fourth-order valence-electron chi connectivity index (χ4n) is 1.83. The van der Waals surface area contributed by atoms with Gasteiger partial charge in [-0.05, 0) is 19.9 Å². The number of rotatable bonds is 4. The molecule has 2 aromatic rings. The van der Waals surface area contributed by atoms with Crippen LogP contribution in [0.3, 0.4) is 0 Å². The highest BCUT2D eigenvalue weighted by Gasteiger charge is 2.18. The largest absolute Gasteiger partial charge is 0.464 e. The lowest BCUT2D eigenvalue weighted by Crippen LogP contribution is -2.31. The number of ether oxygens (including phenoxy) is 1. The molecule has 0 radical (unpaired) electrons. The summed E-state index contributed by atoms with van der Waals surface area (Å²) in [6.45, 7) is 3.60. The molecule has 0 bridgehead atoms. The smallest absolute Gasteiger partial charge is 0.330 e. The molecule has 0 amide bonds. The zero-order chi connectivity index (χ0) is 14.5. The molecule has 1 aromatic carbocycles. The standard InChI is InChI=1S/C15H16N2O3/c1-3-20-15(19)11(2)17-14(18)10-9-13(16-17)12-7-5-4-6-8-12/h4-11H,3H2,1-2H3/t11-/m1/s1. The van der Waals surface area contributed by atoms with E-state index in [2.05, 4.69) is 5.10 Å². The maximum absolute atomic E-state index is 11.8. The zero-order valence-electron chi connectivity index (χ0n) is 11.4. The van der Waals surface area contributed by atoms with E-state index < -0.39 is 12.0 Å². The van der Waals surface area contributed by atoms with Crippen LogP contribution in [0, 0.1) is 0 Å². The number of benzene rings is 1. The molecule has 104 valence electrons. The van der Waals surface area contributed by atoms with Gasteiger partial charge in [0.25, 0.3) is 5.56 Å². The molecule has 0 saturated carbocycles. The summed E-state index contributed by atoms with van der Waals surface area (Å²) in [5, 5.41) is 4.25. The zero-order valence-corrected chi connectivity index (χ0v) is 11.4. The van der Waals surface area contributed by atoms with Gasteiger partial charge in [-0.2, -0.15) is 5.10 Å². The SMILES string of the molecule is CCOC(=O)[C@@H](C)n1nc(-c2ccccc2)ccc1=O. The number of nitrogens with zero attached hydrogens (tertiary/aromatic N) is 2. The van der Waals surface area contributed by atoms with Crippen molar-refractivity contribution in [3.63, 3.8) is 0 Å². The lowest BCUT2D eigenvalue weighted by Gasteiger charge is -2.13. The van der Waals surface area contributed by atoms with Crippen molar-refractivity contribution in [2.24, 2.45) is 0 Å². The van der Waals surface area contributed by atoms with Crippen molar-refractivity contribution in [2.45, 2.75) is 19.9 Å². The Morgan fingerprint density at radius 1 is 1.25 bits per heavy atom. The Kier molecular flexibility index (Phi) is 4.30. The third-order valence-electron chi connectivity index (χ3n) is 2.89. The summed E-state index contributed by atoms with van der Waals surface area (Å²) in [6, 6.07) is 11.8.